The fourth-order valence-electron chi connectivity index (χ4n) is 3.93. The second kappa shape index (κ2) is 9.85. The first-order valence-corrected chi connectivity index (χ1v) is 11.1. The molecule has 0 aliphatic carbocycles. The number of hydrogen-bond acceptors (Lipinski definition) is 5. The van der Waals surface area contributed by atoms with Crippen LogP contribution in [0.15, 0.2) is 79.3 Å². The Kier molecular flexibility index (Phi) is 6.68. The standard InChI is InChI=1S/C28H27FN4O2/c1-17(2)21-8-9-25(24(29)13-21)35-27-26-22(10-11-32-27)16-33(28(26)34)15-19-4-6-20(7-5-19)23(14-30)12-18(3)31/h4-14H,1,15-16,30-31H2,2-3H3/b18-12-,23-14+. The second-order valence-corrected chi connectivity index (χ2v) is 8.55. The number of aromatic nitrogens is 1. The Labute approximate surface area is 204 Å². The highest BCUT2D eigenvalue weighted by Gasteiger charge is 2.32. The number of halogens is 1. The highest BCUT2D eigenvalue weighted by molar-refractivity contribution is 6.00. The molecule has 6 nitrogen and oxygen atoms in total. The van der Waals surface area contributed by atoms with E-state index in [1.165, 1.54) is 18.3 Å². The lowest BCUT2D eigenvalue weighted by Crippen LogP contribution is -2.23. The summed E-state index contributed by atoms with van der Waals surface area (Å²) in [7, 11) is 0. The van der Waals surface area contributed by atoms with Gasteiger partial charge in [-0.3, -0.25) is 4.79 Å². The molecule has 0 spiro atoms. The summed E-state index contributed by atoms with van der Waals surface area (Å²) < 4.78 is 20.3. The van der Waals surface area contributed by atoms with Crippen LogP contribution in [0.25, 0.3) is 11.1 Å². The second-order valence-electron chi connectivity index (χ2n) is 8.55. The van der Waals surface area contributed by atoms with E-state index in [0.29, 0.717) is 29.9 Å². The first-order valence-electron chi connectivity index (χ1n) is 11.1. The number of rotatable bonds is 7. The van der Waals surface area contributed by atoms with Crippen molar-refractivity contribution in [3.8, 4) is 11.6 Å². The number of benzene rings is 2. The van der Waals surface area contributed by atoms with E-state index < -0.39 is 5.82 Å². The van der Waals surface area contributed by atoms with Crippen molar-refractivity contribution < 1.29 is 13.9 Å². The molecule has 0 fully saturated rings. The predicted molar refractivity (Wildman–Crippen MR) is 136 cm³/mol. The topological polar surface area (TPSA) is 94.5 Å². The molecule has 0 saturated heterocycles. The summed E-state index contributed by atoms with van der Waals surface area (Å²) >= 11 is 0. The van der Waals surface area contributed by atoms with Gasteiger partial charge in [0.05, 0.1) is 0 Å². The Hall–Kier alpha value is -4.39. The summed E-state index contributed by atoms with van der Waals surface area (Å²) in [6.45, 7) is 8.24. The Morgan fingerprint density at radius 2 is 1.89 bits per heavy atom. The van der Waals surface area contributed by atoms with Gasteiger partial charge >= 0.3 is 0 Å². The van der Waals surface area contributed by atoms with Crippen molar-refractivity contribution in [2.45, 2.75) is 26.9 Å². The number of pyridine rings is 1. The van der Waals surface area contributed by atoms with Crippen molar-refractivity contribution in [3.05, 3.63) is 113 Å². The molecule has 1 aromatic heterocycles. The van der Waals surface area contributed by atoms with E-state index in [1.807, 2.05) is 24.3 Å². The molecule has 0 radical (unpaired) electrons. The summed E-state index contributed by atoms with van der Waals surface area (Å²) in [6.07, 6.45) is 4.88. The lowest BCUT2D eigenvalue weighted by atomic mass is 10.0. The van der Waals surface area contributed by atoms with Crippen LogP contribution in [0.3, 0.4) is 0 Å². The maximum atomic E-state index is 14.6. The summed E-state index contributed by atoms with van der Waals surface area (Å²) in [4.78, 5) is 19.2. The van der Waals surface area contributed by atoms with Crippen molar-refractivity contribution in [3.63, 3.8) is 0 Å². The van der Waals surface area contributed by atoms with Gasteiger partial charge in [-0.25, -0.2) is 9.37 Å². The summed E-state index contributed by atoms with van der Waals surface area (Å²) in [5, 5.41) is 0. The molecule has 2 heterocycles. The zero-order valence-electron chi connectivity index (χ0n) is 19.7. The molecule has 0 unspecified atom stereocenters. The zero-order chi connectivity index (χ0) is 25.1. The van der Waals surface area contributed by atoms with Crippen LogP contribution in [0.1, 0.15) is 46.5 Å². The van der Waals surface area contributed by atoms with E-state index in [-0.39, 0.29) is 17.5 Å². The number of ether oxygens (including phenoxy) is 1. The molecular weight excluding hydrogens is 443 g/mol. The van der Waals surface area contributed by atoms with Crippen LogP contribution in [0, 0.1) is 5.82 Å². The molecule has 1 aliphatic heterocycles. The van der Waals surface area contributed by atoms with Crippen molar-refractivity contribution in [1.29, 1.82) is 0 Å². The number of nitrogens with zero attached hydrogens (tertiary/aromatic N) is 2. The SMILES string of the molecule is C=C(C)c1ccc(Oc2nccc3c2C(=O)N(Cc2ccc(C(/C=C(/C)N)=C/N)cc2)C3)c(F)c1. The largest absolute Gasteiger partial charge is 0.435 e. The third-order valence-corrected chi connectivity index (χ3v) is 5.72. The third-order valence-electron chi connectivity index (χ3n) is 5.72. The van der Waals surface area contributed by atoms with Gasteiger partial charge in [0.2, 0.25) is 5.88 Å². The molecule has 4 rings (SSSR count). The lowest BCUT2D eigenvalue weighted by Gasteiger charge is -2.16. The van der Waals surface area contributed by atoms with E-state index in [1.54, 1.807) is 43.2 Å². The average molecular weight is 471 g/mol. The number of fused-ring (bicyclic) bond motifs is 1. The van der Waals surface area contributed by atoms with Gasteiger partial charge in [0, 0.05) is 31.2 Å². The molecule has 1 amide bonds. The molecule has 0 atom stereocenters. The number of amides is 1. The van der Waals surface area contributed by atoms with Crippen molar-refractivity contribution in [2.24, 2.45) is 11.5 Å². The summed E-state index contributed by atoms with van der Waals surface area (Å²) in [6, 6.07) is 14.1. The molecule has 2 aromatic carbocycles. The molecule has 4 N–H and O–H groups in total. The van der Waals surface area contributed by atoms with Gasteiger partial charge in [0.25, 0.3) is 5.91 Å². The average Bonchev–Trinajstić information content (AvgIpc) is 3.15. The highest BCUT2D eigenvalue weighted by atomic mass is 19.1. The van der Waals surface area contributed by atoms with Gasteiger partial charge in [0.15, 0.2) is 11.6 Å². The first-order chi connectivity index (χ1) is 16.8. The van der Waals surface area contributed by atoms with Gasteiger partial charge in [0.1, 0.15) is 5.56 Å². The predicted octanol–water partition coefficient (Wildman–Crippen LogP) is 5.36. The minimum Gasteiger partial charge on any atom is -0.435 e. The first kappa shape index (κ1) is 23.8. The minimum absolute atomic E-state index is 0.00303. The summed E-state index contributed by atoms with van der Waals surface area (Å²) in [5.41, 5.74) is 17.4. The van der Waals surface area contributed by atoms with Crippen LogP contribution in [-0.2, 0) is 13.1 Å². The van der Waals surface area contributed by atoms with E-state index >= 15 is 0 Å². The molecule has 178 valence electrons. The number of carbonyl (C=O) groups is 1. The fraction of sp³-hybridized carbons (Fsp3) is 0.143. The molecule has 7 heteroatoms. The van der Waals surface area contributed by atoms with Crippen molar-refractivity contribution >= 4 is 17.1 Å². The minimum atomic E-state index is -0.544. The monoisotopic (exact) mass is 470 g/mol. The van der Waals surface area contributed by atoms with Gasteiger partial charge < -0.3 is 21.1 Å². The van der Waals surface area contributed by atoms with Crippen molar-refractivity contribution in [2.75, 3.05) is 0 Å². The van der Waals surface area contributed by atoms with Crippen LogP contribution < -0.4 is 16.2 Å². The molecule has 0 saturated carbocycles. The van der Waals surface area contributed by atoms with E-state index in [4.69, 9.17) is 16.2 Å². The zero-order valence-corrected chi connectivity index (χ0v) is 19.7. The van der Waals surface area contributed by atoms with Gasteiger partial charge in [-0.2, -0.15) is 0 Å². The molecule has 35 heavy (non-hydrogen) atoms. The quantitative estimate of drug-likeness (QED) is 0.453. The number of carbonyl (C=O) groups excluding carboxylic acids is 1. The summed E-state index contributed by atoms with van der Waals surface area (Å²) in [5.74, 6) is -0.662. The van der Waals surface area contributed by atoms with Crippen LogP contribution in [0.4, 0.5) is 4.39 Å². The van der Waals surface area contributed by atoms with Gasteiger partial charge in [-0.15, -0.1) is 0 Å². The Morgan fingerprint density at radius 1 is 1.17 bits per heavy atom. The smallest absolute Gasteiger partial charge is 0.260 e. The third kappa shape index (κ3) is 5.09. The number of allylic oxidation sites excluding steroid dienone is 4. The van der Waals surface area contributed by atoms with Gasteiger partial charge in [-0.05, 0) is 65.9 Å². The maximum Gasteiger partial charge on any atom is 0.260 e. The van der Waals surface area contributed by atoms with Gasteiger partial charge in [-0.1, -0.05) is 42.5 Å². The number of hydrogen-bond donors (Lipinski definition) is 2. The Balaban J connectivity index is 1.52. The van der Waals surface area contributed by atoms with Crippen LogP contribution in [0.5, 0.6) is 11.6 Å². The van der Waals surface area contributed by atoms with Crippen LogP contribution in [0.2, 0.25) is 0 Å². The van der Waals surface area contributed by atoms with E-state index in [9.17, 15) is 9.18 Å². The molecule has 1 aliphatic rings. The Bertz CT molecular complexity index is 1360. The maximum absolute atomic E-state index is 14.6. The van der Waals surface area contributed by atoms with Crippen LogP contribution >= 0.6 is 0 Å². The highest BCUT2D eigenvalue weighted by Crippen LogP contribution is 2.34. The fourth-order valence-corrected chi connectivity index (χ4v) is 3.93. The van der Waals surface area contributed by atoms with Crippen molar-refractivity contribution in [1.82, 2.24) is 9.88 Å². The molecule has 0 bridgehead atoms. The molecule has 3 aromatic rings. The molecular formula is C28H27FN4O2. The normalized spacial score (nSPS) is 13.7. The lowest BCUT2D eigenvalue weighted by molar-refractivity contribution is 0.0764. The van der Waals surface area contributed by atoms with E-state index in [0.717, 1.165) is 27.8 Å². The van der Waals surface area contributed by atoms with E-state index in [2.05, 4.69) is 11.6 Å². The Morgan fingerprint density at radius 3 is 2.51 bits per heavy atom. The number of nitrogens with two attached hydrogens (primary N) is 2. The van der Waals surface area contributed by atoms with Crippen LogP contribution in [-0.4, -0.2) is 15.8 Å².